The molecule has 0 radical (unpaired) electrons. The van der Waals surface area contributed by atoms with E-state index in [4.69, 9.17) is 0 Å². The molecule has 29 heavy (non-hydrogen) atoms. The zero-order valence-electron chi connectivity index (χ0n) is 16.4. The Kier molecular flexibility index (Phi) is 5.08. The molecule has 148 valence electrons. The van der Waals surface area contributed by atoms with Crippen LogP contribution >= 0.6 is 11.3 Å². The first-order chi connectivity index (χ1) is 14.3. The molecule has 0 bridgehead atoms. The lowest BCUT2D eigenvalue weighted by molar-refractivity contribution is 0.237. The summed E-state index contributed by atoms with van der Waals surface area (Å²) in [6.07, 6.45) is 5.95. The summed E-state index contributed by atoms with van der Waals surface area (Å²) >= 11 is 1.68. The number of nitrogens with one attached hydrogen (secondary N) is 1. The topological polar surface area (TPSA) is 48.4 Å². The summed E-state index contributed by atoms with van der Waals surface area (Å²) in [5.74, 6) is 0.295. The van der Waals surface area contributed by atoms with Crippen LogP contribution in [0.1, 0.15) is 19.3 Å². The van der Waals surface area contributed by atoms with Crippen molar-refractivity contribution in [3.8, 4) is 16.9 Å². The third-order valence-electron chi connectivity index (χ3n) is 5.83. The number of pyridine rings is 1. The van der Waals surface area contributed by atoms with Crippen LogP contribution in [0.15, 0.2) is 54.0 Å². The number of aromatic nitrogens is 1. The van der Waals surface area contributed by atoms with E-state index in [1.54, 1.807) is 17.4 Å². The van der Waals surface area contributed by atoms with E-state index in [1.165, 1.54) is 32.4 Å². The lowest BCUT2D eigenvalue weighted by Gasteiger charge is -2.26. The normalized spacial score (nSPS) is 15.2. The van der Waals surface area contributed by atoms with Crippen LogP contribution < -0.4 is 5.32 Å². The van der Waals surface area contributed by atoms with Gasteiger partial charge in [-0.2, -0.15) is 0 Å². The summed E-state index contributed by atoms with van der Waals surface area (Å²) in [5, 5.41) is 18.5. The fraction of sp³-hybridized carbons (Fsp3) is 0.292. The van der Waals surface area contributed by atoms with Gasteiger partial charge in [-0.25, -0.2) is 0 Å². The minimum atomic E-state index is 0.295. The van der Waals surface area contributed by atoms with Crippen molar-refractivity contribution in [1.29, 1.82) is 0 Å². The maximum Gasteiger partial charge on any atom is 0.124 e. The Morgan fingerprint density at radius 2 is 1.83 bits per heavy atom. The molecule has 2 aromatic heterocycles. The summed E-state index contributed by atoms with van der Waals surface area (Å²) in [6.45, 7) is 4.50. The van der Waals surface area contributed by atoms with E-state index in [9.17, 15) is 5.11 Å². The van der Waals surface area contributed by atoms with Crippen molar-refractivity contribution in [1.82, 2.24) is 9.88 Å². The molecule has 5 heteroatoms. The highest BCUT2D eigenvalue weighted by atomic mass is 32.1. The Bertz CT molecular complexity index is 1130. The molecule has 2 aromatic carbocycles. The van der Waals surface area contributed by atoms with Gasteiger partial charge in [0, 0.05) is 41.3 Å². The van der Waals surface area contributed by atoms with Crippen LogP contribution in [0, 0.1) is 0 Å². The highest BCUT2D eigenvalue weighted by molar-refractivity contribution is 7.17. The Labute approximate surface area is 174 Å². The second-order valence-electron chi connectivity index (χ2n) is 7.72. The fourth-order valence-corrected chi connectivity index (χ4v) is 5.07. The number of phenols is 1. The van der Waals surface area contributed by atoms with Gasteiger partial charge in [0.15, 0.2) is 0 Å². The third kappa shape index (κ3) is 3.68. The minimum absolute atomic E-state index is 0.295. The molecule has 1 aliphatic rings. The van der Waals surface area contributed by atoms with Crippen LogP contribution in [-0.4, -0.2) is 41.2 Å². The number of fused-ring (bicyclic) bond motifs is 3. The van der Waals surface area contributed by atoms with Gasteiger partial charge >= 0.3 is 0 Å². The zero-order valence-corrected chi connectivity index (χ0v) is 17.2. The van der Waals surface area contributed by atoms with Gasteiger partial charge in [-0.1, -0.05) is 18.6 Å². The Morgan fingerprint density at radius 1 is 1.00 bits per heavy atom. The molecule has 4 aromatic rings. The first-order valence-corrected chi connectivity index (χ1v) is 11.2. The number of rotatable bonds is 5. The molecule has 1 aliphatic heterocycles. The third-order valence-corrected chi connectivity index (χ3v) is 6.68. The van der Waals surface area contributed by atoms with Crippen molar-refractivity contribution in [2.45, 2.75) is 19.3 Å². The molecular weight excluding hydrogens is 378 g/mol. The zero-order chi connectivity index (χ0) is 19.6. The number of hydrogen-bond acceptors (Lipinski definition) is 5. The van der Waals surface area contributed by atoms with Gasteiger partial charge in [-0.05, 0) is 67.2 Å². The van der Waals surface area contributed by atoms with E-state index >= 15 is 0 Å². The van der Waals surface area contributed by atoms with E-state index in [1.807, 2.05) is 12.3 Å². The van der Waals surface area contributed by atoms with Gasteiger partial charge in [0.25, 0.3) is 0 Å². The van der Waals surface area contributed by atoms with Crippen LogP contribution in [-0.2, 0) is 0 Å². The standard InChI is InChI=1S/C24H25N3OS/c28-21-9-8-20-24(19-10-15-29-22(19)16-26-20)23(21)17-4-6-18(7-5-17)25-11-14-27-12-2-1-3-13-27/h4-10,15-16,25,28H,1-3,11-14H2. The van der Waals surface area contributed by atoms with Crippen LogP contribution in [0.25, 0.3) is 32.1 Å². The van der Waals surface area contributed by atoms with E-state index in [-0.39, 0.29) is 0 Å². The maximum absolute atomic E-state index is 10.7. The average molecular weight is 404 g/mol. The van der Waals surface area contributed by atoms with Crippen LogP contribution in [0.5, 0.6) is 5.75 Å². The molecular formula is C24H25N3OS. The van der Waals surface area contributed by atoms with Gasteiger partial charge in [0.2, 0.25) is 0 Å². The smallest absolute Gasteiger partial charge is 0.124 e. The second kappa shape index (κ2) is 8.01. The lowest BCUT2D eigenvalue weighted by Crippen LogP contribution is -2.33. The van der Waals surface area contributed by atoms with Gasteiger partial charge in [-0.15, -0.1) is 11.3 Å². The number of anilines is 1. The summed E-state index contributed by atoms with van der Waals surface area (Å²) < 4.78 is 1.14. The molecule has 0 atom stereocenters. The Hall–Kier alpha value is -2.63. The van der Waals surface area contributed by atoms with E-state index in [2.05, 4.69) is 50.9 Å². The van der Waals surface area contributed by atoms with Crippen LogP contribution in [0.2, 0.25) is 0 Å². The van der Waals surface area contributed by atoms with Crippen molar-refractivity contribution in [3.05, 3.63) is 54.0 Å². The number of phenolic OH excluding ortho intramolecular Hbond substituents is 1. The molecule has 3 heterocycles. The van der Waals surface area contributed by atoms with Crippen molar-refractivity contribution >= 4 is 38.0 Å². The Balaban J connectivity index is 1.40. The molecule has 0 aliphatic carbocycles. The SMILES string of the molecule is Oc1ccc2ncc3sccc3c2c1-c1ccc(NCCN2CCCCC2)cc1. The van der Waals surface area contributed by atoms with E-state index in [0.29, 0.717) is 5.75 Å². The van der Waals surface area contributed by atoms with Crippen molar-refractivity contribution in [3.63, 3.8) is 0 Å². The number of benzene rings is 2. The Morgan fingerprint density at radius 3 is 2.66 bits per heavy atom. The quantitative estimate of drug-likeness (QED) is 0.447. The fourth-order valence-electron chi connectivity index (χ4n) is 4.30. The summed E-state index contributed by atoms with van der Waals surface area (Å²) in [7, 11) is 0. The summed E-state index contributed by atoms with van der Waals surface area (Å²) in [6, 6.07) is 14.1. The highest BCUT2D eigenvalue weighted by Gasteiger charge is 2.14. The number of nitrogens with zero attached hydrogens (tertiary/aromatic N) is 2. The van der Waals surface area contributed by atoms with Crippen LogP contribution in [0.3, 0.4) is 0 Å². The number of aromatic hydroxyl groups is 1. The van der Waals surface area contributed by atoms with Gasteiger partial charge in [0.05, 0.1) is 10.2 Å². The van der Waals surface area contributed by atoms with Crippen molar-refractivity contribution in [2.24, 2.45) is 0 Å². The van der Waals surface area contributed by atoms with E-state index < -0.39 is 0 Å². The van der Waals surface area contributed by atoms with E-state index in [0.717, 1.165) is 50.9 Å². The predicted octanol–water partition coefficient (Wildman–Crippen LogP) is 5.72. The first kappa shape index (κ1) is 18.4. The molecule has 0 spiro atoms. The molecule has 5 rings (SSSR count). The van der Waals surface area contributed by atoms with Gasteiger partial charge in [0.1, 0.15) is 5.75 Å². The van der Waals surface area contributed by atoms with Crippen molar-refractivity contribution in [2.75, 3.05) is 31.5 Å². The molecule has 4 nitrogen and oxygen atoms in total. The minimum Gasteiger partial charge on any atom is -0.507 e. The predicted molar refractivity (Wildman–Crippen MR) is 123 cm³/mol. The van der Waals surface area contributed by atoms with Gasteiger partial charge < -0.3 is 15.3 Å². The van der Waals surface area contributed by atoms with Gasteiger partial charge in [-0.3, -0.25) is 4.98 Å². The molecule has 2 N–H and O–H groups in total. The largest absolute Gasteiger partial charge is 0.507 e. The molecule has 1 fully saturated rings. The van der Waals surface area contributed by atoms with Crippen LogP contribution in [0.4, 0.5) is 5.69 Å². The summed E-state index contributed by atoms with van der Waals surface area (Å²) in [4.78, 5) is 7.13. The molecule has 0 saturated carbocycles. The lowest BCUT2D eigenvalue weighted by atomic mass is 9.97. The number of piperidine rings is 1. The maximum atomic E-state index is 10.7. The average Bonchev–Trinajstić information content (AvgIpc) is 3.24. The molecule has 0 unspecified atom stereocenters. The molecule has 0 amide bonds. The second-order valence-corrected chi connectivity index (χ2v) is 8.66. The monoisotopic (exact) mass is 403 g/mol. The molecule has 1 saturated heterocycles. The first-order valence-electron chi connectivity index (χ1n) is 10.3. The summed E-state index contributed by atoms with van der Waals surface area (Å²) in [5.41, 5.74) is 3.89. The number of thiophene rings is 1. The number of hydrogen-bond donors (Lipinski definition) is 2. The van der Waals surface area contributed by atoms with Crippen molar-refractivity contribution < 1.29 is 5.11 Å². The number of likely N-dealkylation sites (tertiary alicyclic amines) is 1. The highest BCUT2D eigenvalue weighted by Crippen LogP contribution is 2.40.